The molecule has 5 aromatic heterocycles. The largest absolute Gasteiger partial charge is 0.291 e. The third kappa shape index (κ3) is 4.91. The van der Waals surface area contributed by atoms with Gasteiger partial charge in [0, 0.05) is 52.7 Å². The molecule has 0 aliphatic carbocycles. The summed E-state index contributed by atoms with van der Waals surface area (Å²) in [5, 5.41) is 5.10. The van der Waals surface area contributed by atoms with Crippen molar-refractivity contribution < 1.29 is 0 Å². The van der Waals surface area contributed by atoms with Crippen LogP contribution in [0.3, 0.4) is 0 Å². The van der Waals surface area contributed by atoms with Crippen molar-refractivity contribution in [2.75, 3.05) is 0 Å². The van der Waals surface area contributed by atoms with Crippen LogP contribution in [0.25, 0.3) is 78.7 Å². The van der Waals surface area contributed by atoms with Gasteiger partial charge in [-0.1, -0.05) is 78.9 Å². The standard InChI is InChI=1S/C41H27N7/c1-4-11-28(12-5-1)34-26-36(30-13-6-2-7-14-30)41-44-38(46-47(41)27-34)32-23-31(29-18-21-42-22-19-29)24-33(25-32)40-45-39-37(17-10-20-43-39)48(40)35-15-8-3-9-16-35/h1-27H. The number of pyridine rings is 3. The number of aromatic nitrogens is 7. The number of nitrogens with zero attached hydrogens (tertiary/aromatic N) is 7. The molecule has 0 unspecified atom stereocenters. The fraction of sp³-hybridized carbons (Fsp3) is 0. The van der Waals surface area contributed by atoms with Crippen molar-refractivity contribution in [1.82, 2.24) is 34.1 Å². The van der Waals surface area contributed by atoms with Gasteiger partial charge in [-0.05, 0) is 82.9 Å². The monoisotopic (exact) mass is 617 g/mol. The second-order valence-electron chi connectivity index (χ2n) is 11.6. The van der Waals surface area contributed by atoms with Crippen molar-refractivity contribution in [3.63, 3.8) is 0 Å². The van der Waals surface area contributed by atoms with Crippen LogP contribution in [0.5, 0.6) is 0 Å². The molecule has 226 valence electrons. The van der Waals surface area contributed by atoms with Crippen LogP contribution in [0.1, 0.15) is 0 Å². The first-order valence-electron chi connectivity index (χ1n) is 15.7. The maximum atomic E-state index is 5.19. The van der Waals surface area contributed by atoms with Crippen LogP contribution in [0.4, 0.5) is 0 Å². The zero-order chi connectivity index (χ0) is 31.9. The minimum Gasteiger partial charge on any atom is -0.291 e. The molecule has 0 atom stereocenters. The van der Waals surface area contributed by atoms with E-state index in [1.807, 2.05) is 65.4 Å². The van der Waals surface area contributed by atoms with Gasteiger partial charge in [-0.15, -0.1) is 5.10 Å². The minimum atomic E-state index is 0.620. The molecule has 5 heterocycles. The van der Waals surface area contributed by atoms with Gasteiger partial charge < -0.3 is 0 Å². The van der Waals surface area contributed by atoms with Crippen LogP contribution in [-0.2, 0) is 0 Å². The molecule has 0 saturated heterocycles. The maximum Gasteiger partial charge on any atom is 0.182 e. The molecular weight excluding hydrogens is 591 g/mol. The number of imidazole rings is 1. The van der Waals surface area contributed by atoms with Crippen molar-refractivity contribution >= 4 is 16.8 Å². The molecule has 0 amide bonds. The van der Waals surface area contributed by atoms with E-state index >= 15 is 0 Å². The zero-order valence-corrected chi connectivity index (χ0v) is 25.7. The van der Waals surface area contributed by atoms with Crippen LogP contribution in [-0.4, -0.2) is 34.1 Å². The minimum absolute atomic E-state index is 0.620. The normalized spacial score (nSPS) is 11.3. The Bertz CT molecular complexity index is 2540. The zero-order valence-electron chi connectivity index (χ0n) is 25.7. The summed E-state index contributed by atoms with van der Waals surface area (Å²) in [6, 6.07) is 47.7. The molecule has 0 aliphatic heterocycles. The molecule has 0 spiro atoms. The molecule has 0 saturated carbocycles. The van der Waals surface area contributed by atoms with Gasteiger partial charge in [0.15, 0.2) is 17.1 Å². The second kappa shape index (κ2) is 11.6. The Morgan fingerprint density at radius 1 is 0.479 bits per heavy atom. The summed E-state index contributed by atoms with van der Waals surface area (Å²) in [5.74, 6) is 1.40. The molecule has 9 aromatic rings. The van der Waals surface area contributed by atoms with Gasteiger partial charge in [-0.2, -0.15) is 0 Å². The molecule has 7 heteroatoms. The quantitative estimate of drug-likeness (QED) is 0.186. The molecule has 48 heavy (non-hydrogen) atoms. The Kier molecular flexibility index (Phi) is 6.64. The van der Waals surface area contributed by atoms with Gasteiger partial charge in [0.2, 0.25) is 0 Å². The van der Waals surface area contributed by atoms with E-state index in [4.69, 9.17) is 15.1 Å². The summed E-state index contributed by atoms with van der Waals surface area (Å²) >= 11 is 0. The first kappa shape index (κ1) is 27.6. The fourth-order valence-electron chi connectivity index (χ4n) is 6.27. The predicted octanol–water partition coefficient (Wildman–Crippen LogP) is 9.19. The number of rotatable bonds is 6. The topological polar surface area (TPSA) is 73.8 Å². The summed E-state index contributed by atoms with van der Waals surface area (Å²) < 4.78 is 4.07. The summed E-state index contributed by atoms with van der Waals surface area (Å²) in [6.07, 6.45) is 7.46. The third-order valence-electron chi connectivity index (χ3n) is 8.53. The Hall–Kier alpha value is -6.73. The summed E-state index contributed by atoms with van der Waals surface area (Å²) in [6.45, 7) is 0. The van der Waals surface area contributed by atoms with E-state index < -0.39 is 0 Å². The lowest BCUT2D eigenvalue weighted by atomic mass is 9.99. The van der Waals surface area contributed by atoms with Crippen LogP contribution >= 0.6 is 0 Å². The molecular formula is C41H27N7. The van der Waals surface area contributed by atoms with E-state index in [0.717, 1.165) is 67.2 Å². The fourth-order valence-corrected chi connectivity index (χ4v) is 6.27. The van der Waals surface area contributed by atoms with Crippen LogP contribution < -0.4 is 0 Å². The smallest absolute Gasteiger partial charge is 0.182 e. The van der Waals surface area contributed by atoms with E-state index in [0.29, 0.717) is 11.5 Å². The number of benzene rings is 4. The average Bonchev–Trinajstić information content (AvgIpc) is 3.78. The van der Waals surface area contributed by atoms with E-state index in [9.17, 15) is 0 Å². The summed E-state index contributed by atoms with van der Waals surface area (Å²) in [4.78, 5) is 19.1. The Labute approximate surface area is 276 Å². The van der Waals surface area contributed by atoms with Crippen molar-refractivity contribution in [3.8, 4) is 61.8 Å². The molecule has 0 N–H and O–H groups in total. The van der Waals surface area contributed by atoms with E-state index in [1.54, 1.807) is 6.20 Å². The van der Waals surface area contributed by atoms with Gasteiger partial charge in [-0.25, -0.2) is 19.5 Å². The van der Waals surface area contributed by atoms with Crippen molar-refractivity contribution in [2.45, 2.75) is 0 Å². The Morgan fingerprint density at radius 3 is 1.92 bits per heavy atom. The van der Waals surface area contributed by atoms with Gasteiger partial charge in [-0.3, -0.25) is 9.55 Å². The predicted molar refractivity (Wildman–Crippen MR) is 190 cm³/mol. The van der Waals surface area contributed by atoms with Gasteiger partial charge in [0.1, 0.15) is 5.82 Å². The highest BCUT2D eigenvalue weighted by molar-refractivity contribution is 5.86. The first-order chi connectivity index (χ1) is 23.8. The average molecular weight is 618 g/mol. The van der Waals surface area contributed by atoms with E-state index in [1.165, 1.54) is 0 Å². The molecule has 0 radical (unpaired) electrons. The number of hydrogen-bond acceptors (Lipinski definition) is 5. The molecule has 0 aliphatic rings. The van der Waals surface area contributed by atoms with Crippen LogP contribution in [0.15, 0.2) is 164 Å². The molecule has 7 nitrogen and oxygen atoms in total. The number of fused-ring (bicyclic) bond motifs is 2. The van der Waals surface area contributed by atoms with Gasteiger partial charge in [0.05, 0.1) is 5.52 Å². The van der Waals surface area contributed by atoms with E-state index in [-0.39, 0.29) is 0 Å². The number of hydrogen-bond donors (Lipinski definition) is 0. The highest BCUT2D eigenvalue weighted by atomic mass is 15.3. The molecule has 4 aromatic carbocycles. The van der Waals surface area contributed by atoms with E-state index in [2.05, 4.69) is 112 Å². The van der Waals surface area contributed by atoms with Crippen molar-refractivity contribution in [1.29, 1.82) is 0 Å². The lowest BCUT2D eigenvalue weighted by Crippen LogP contribution is -1.98. The Morgan fingerprint density at radius 2 is 1.15 bits per heavy atom. The highest BCUT2D eigenvalue weighted by Gasteiger charge is 2.20. The van der Waals surface area contributed by atoms with Crippen LogP contribution in [0.2, 0.25) is 0 Å². The second-order valence-corrected chi connectivity index (χ2v) is 11.6. The molecule has 0 bridgehead atoms. The Balaban J connectivity index is 1.29. The lowest BCUT2D eigenvalue weighted by Gasteiger charge is -2.12. The highest BCUT2D eigenvalue weighted by Crippen LogP contribution is 2.36. The SMILES string of the molecule is c1ccc(-c2cc(-c3ccccc3)c3nc(-c4cc(-c5ccncc5)cc(-c5nc6ncccc6n5-c5ccccc5)c4)nn3c2)cc1. The van der Waals surface area contributed by atoms with Gasteiger partial charge >= 0.3 is 0 Å². The van der Waals surface area contributed by atoms with Crippen molar-refractivity contribution in [2.24, 2.45) is 0 Å². The maximum absolute atomic E-state index is 5.19. The van der Waals surface area contributed by atoms with Crippen molar-refractivity contribution in [3.05, 3.63) is 164 Å². The lowest BCUT2D eigenvalue weighted by molar-refractivity contribution is 0.968. The number of para-hydroxylation sites is 1. The first-order valence-corrected chi connectivity index (χ1v) is 15.7. The van der Waals surface area contributed by atoms with Crippen LogP contribution in [0, 0.1) is 0 Å². The summed E-state index contributed by atoms with van der Waals surface area (Å²) in [5.41, 5.74) is 11.5. The van der Waals surface area contributed by atoms with Gasteiger partial charge in [0.25, 0.3) is 0 Å². The third-order valence-corrected chi connectivity index (χ3v) is 8.53. The molecule has 9 rings (SSSR count). The molecule has 0 fully saturated rings. The summed E-state index contributed by atoms with van der Waals surface area (Å²) in [7, 11) is 0.